The van der Waals surface area contributed by atoms with Gasteiger partial charge in [0.1, 0.15) is 5.75 Å². The van der Waals surface area contributed by atoms with E-state index >= 15 is 0 Å². The lowest BCUT2D eigenvalue weighted by molar-refractivity contribution is 0.0653. The van der Waals surface area contributed by atoms with Crippen LogP contribution in [0.3, 0.4) is 0 Å². The van der Waals surface area contributed by atoms with E-state index in [2.05, 4.69) is 83.3 Å². The van der Waals surface area contributed by atoms with Crippen molar-refractivity contribution in [3.63, 3.8) is 0 Å². The van der Waals surface area contributed by atoms with Crippen molar-refractivity contribution >= 4 is 11.6 Å². The molecular weight excluding hydrogens is 458 g/mol. The summed E-state index contributed by atoms with van der Waals surface area (Å²) in [6, 6.07) is 27.6. The summed E-state index contributed by atoms with van der Waals surface area (Å²) in [5.41, 5.74) is 7.86. The Morgan fingerprint density at radius 3 is 2.43 bits per heavy atom. The van der Waals surface area contributed by atoms with Gasteiger partial charge < -0.3 is 19.1 Å². The molecule has 4 aromatic rings. The smallest absolute Gasteiger partial charge is 0.253 e. The standard InChI is InChI=1S/C32H33N3O2/c1-23-11-14-27-28(20-23)35(22-25-8-5-4-6-9-25)32(30-10-7-17-34(27)30)15-18-33(19-16-32)31(36)26-13-12-24(2)29(21-26)37-3/h4-14,17,20-21H,15-16,18-19,22H2,1-3H3. The van der Waals surface area contributed by atoms with Gasteiger partial charge in [0, 0.05) is 37.1 Å². The highest BCUT2D eigenvalue weighted by atomic mass is 16.5. The Hall–Kier alpha value is -3.99. The second kappa shape index (κ2) is 9.15. The van der Waals surface area contributed by atoms with Crippen LogP contribution in [-0.4, -0.2) is 35.6 Å². The Kier molecular flexibility index (Phi) is 5.79. The minimum absolute atomic E-state index is 0.0743. The molecule has 0 radical (unpaired) electrons. The number of rotatable bonds is 4. The molecule has 0 atom stereocenters. The molecule has 0 N–H and O–H groups in total. The van der Waals surface area contributed by atoms with E-state index in [1.165, 1.54) is 28.2 Å². The molecule has 1 spiro atoms. The van der Waals surface area contributed by atoms with Crippen molar-refractivity contribution in [2.24, 2.45) is 0 Å². The molecule has 0 aliphatic carbocycles. The van der Waals surface area contributed by atoms with Gasteiger partial charge in [-0.2, -0.15) is 0 Å². The summed E-state index contributed by atoms with van der Waals surface area (Å²) in [5.74, 6) is 0.829. The Morgan fingerprint density at radius 2 is 1.68 bits per heavy atom. The van der Waals surface area contributed by atoms with Gasteiger partial charge in [-0.05, 0) is 79.8 Å². The quantitative estimate of drug-likeness (QED) is 0.338. The first-order chi connectivity index (χ1) is 18.0. The van der Waals surface area contributed by atoms with Gasteiger partial charge in [0.2, 0.25) is 0 Å². The second-order valence-corrected chi connectivity index (χ2v) is 10.3. The maximum atomic E-state index is 13.5. The van der Waals surface area contributed by atoms with Crippen molar-refractivity contribution in [3.05, 3.63) is 113 Å². The normalized spacial score (nSPS) is 15.9. The predicted molar refractivity (Wildman–Crippen MR) is 148 cm³/mol. The number of fused-ring (bicyclic) bond motifs is 4. The molecule has 1 fully saturated rings. The van der Waals surface area contributed by atoms with Crippen LogP contribution in [-0.2, 0) is 12.1 Å². The average Bonchev–Trinajstić information content (AvgIpc) is 3.43. The zero-order valence-corrected chi connectivity index (χ0v) is 21.8. The first kappa shape index (κ1) is 23.4. The summed E-state index contributed by atoms with van der Waals surface area (Å²) in [5, 5.41) is 0. The van der Waals surface area contributed by atoms with Crippen LogP contribution < -0.4 is 9.64 Å². The monoisotopic (exact) mass is 491 g/mol. The van der Waals surface area contributed by atoms with Crippen LogP contribution in [0.2, 0.25) is 0 Å². The van der Waals surface area contributed by atoms with Crippen LogP contribution >= 0.6 is 0 Å². The molecule has 5 nitrogen and oxygen atoms in total. The summed E-state index contributed by atoms with van der Waals surface area (Å²) in [6.45, 7) is 6.39. The summed E-state index contributed by atoms with van der Waals surface area (Å²) < 4.78 is 7.84. The van der Waals surface area contributed by atoms with Crippen LogP contribution in [0.25, 0.3) is 5.69 Å². The Morgan fingerprint density at radius 1 is 0.892 bits per heavy atom. The van der Waals surface area contributed by atoms with E-state index in [1.807, 2.05) is 30.0 Å². The molecule has 1 aromatic heterocycles. The summed E-state index contributed by atoms with van der Waals surface area (Å²) in [6.07, 6.45) is 3.92. The van der Waals surface area contributed by atoms with Gasteiger partial charge in [0.15, 0.2) is 0 Å². The fraction of sp³-hybridized carbons (Fsp3) is 0.281. The molecule has 3 heterocycles. The number of hydrogen-bond acceptors (Lipinski definition) is 3. The number of nitrogens with zero attached hydrogens (tertiary/aromatic N) is 3. The lowest BCUT2D eigenvalue weighted by Gasteiger charge is -2.53. The van der Waals surface area contributed by atoms with E-state index in [4.69, 9.17) is 4.74 Å². The molecule has 2 aliphatic heterocycles. The first-order valence-electron chi connectivity index (χ1n) is 13.0. The largest absolute Gasteiger partial charge is 0.496 e. The number of carbonyl (C=O) groups is 1. The molecule has 0 bridgehead atoms. The molecule has 188 valence electrons. The van der Waals surface area contributed by atoms with Crippen molar-refractivity contribution in [2.45, 2.75) is 38.8 Å². The van der Waals surface area contributed by atoms with Gasteiger partial charge in [0.25, 0.3) is 5.91 Å². The number of methoxy groups -OCH3 is 1. The number of piperidine rings is 1. The van der Waals surface area contributed by atoms with Crippen LogP contribution in [0, 0.1) is 13.8 Å². The molecule has 1 amide bonds. The first-order valence-corrected chi connectivity index (χ1v) is 13.0. The second-order valence-electron chi connectivity index (χ2n) is 10.3. The molecular formula is C32H33N3O2. The molecule has 0 saturated carbocycles. The number of aryl methyl sites for hydroxylation is 2. The van der Waals surface area contributed by atoms with Crippen molar-refractivity contribution in [2.75, 3.05) is 25.1 Å². The van der Waals surface area contributed by atoms with E-state index in [9.17, 15) is 4.79 Å². The SMILES string of the molecule is COc1cc(C(=O)N2CCC3(CC2)c2cccn2-c2ccc(C)cc2N3Cc2ccccc2)ccc1C. The van der Waals surface area contributed by atoms with Crippen molar-refractivity contribution in [1.82, 2.24) is 9.47 Å². The molecule has 5 heteroatoms. The Bertz CT molecular complexity index is 1450. The van der Waals surface area contributed by atoms with Crippen molar-refractivity contribution < 1.29 is 9.53 Å². The summed E-state index contributed by atoms with van der Waals surface area (Å²) in [7, 11) is 1.65. The number of hydrogen-bond donors (Lipinski definition) is 0. The topological polar surface area (TPSA) is 37.7 Å². The molecule has 37 heavy (non-hydrogen) atoms. The van der Waals surface area contributed by atoms with Gasteiger partial charge in [-0.25, -0.2) is 0 Å². The number of amides is 1. The van der Waals surface area contributed by atoms with Crippen molar-refractivity contribution in [3.8, 4) is 11.4 Å². The highest BCUT2D eigenvalue weighted by Gasteiger charge is 2.47. The minimum atomic E-state index is -0.193. The summed E-state index contributed by atoms with van der Waals surface area (Å²) >= 11 is 0. The predicted octanol–water partition coefficient (Wildman–Crippen LogP) is 6.25. The number of anilines is 1. The number of likely N-dealkylation sites (tertiary alicyclic amines) is 1. The maximum Gasteiger partial charge on any atom is 0.253 e. The lowest BCUT2D eigenvalue weighted by Crippen LogP contribution is -2.56. The van der Waals surface area contributed by atoms with Gasteiger partial charge >= 0.3 is 0 Å². The molecule has 3 aromatic carbocycles. The summed E-state index contributed by atoms with van der Waals surface area (Å²) in [4.78, 5) is 18.1. The Labute approximate surface area is 218 Å². The van der Waals surface area contributed by atoms with E-state index in [0.717, 1.165) is 30.7 Å². The zero-order chi connectivity index (χ0) is 25.6. The lowest BCUT2D eigenvalue weighted by atomic mass is 9.79. The molecule has 0 unspecified atom stereocenters. The van der Waals surface area contributed by atoms with Gasteiger partial charge in [-0.15, -0.1) is 0 Å². The third kappa shape index (κ3) is 3.90. The third-order valence-corrected chi connectivity index (χ3v) is 8.14. The number of aromatic nitrogens is 1. The average molecular weight is 492 g/mol. The maximum absolute atomic E-state index is 13.5. The van der Waals surface area contributed by atoms with E-state index in [1.54, 1.807) is 7.11 Å². The van der Waals surface area contributed by atoms with Gasteiger partial charge in [0.05, 0.1) is 24.0 Å². The fourth-order valence-corrected chi connectivity index (χ4v) is 6.14. The molecule has 2 aliphatic rings. The molecule has 6 rings (SSSR count). The molecule has 1 saturated heterocycles. The van der Waals surface area contributed by atoms with Gasteiger partial charge in [-0.1, -0.05) is 42.5 Å². The van der Waals surface area contributed by atoms with E-state index in [0.29, 0.717) is 18.7 Å². The minimum Gasteiger partial charge on any atom is -0.496 e. The third-order valence-electron chi connectivity index (χ3n) is 8.14. The zero-order valence-electron chi connectivity index (χ0n) is 21.8. The Balaban J connectivity index is 1.37. The highest BCUT2D eigenvalue weighted by molar-refractivity contribution is 5.95. The number of carbonyl (C=O) groups excluding carboxylic acids is 1. The van der Waals surface area contributed by atoms with Crippen LogP contribution in [0.5, 0.6) is 5.75 Å². The van der Waals surface area contributed by atoms with E-state index in [-0.39, 0.29) is 11.4 Å². The number of benzene rings is 3. The van der Waals surface area contributed by atoms with Crippen LogP contribution in [0.1, 0.15) is 45.6 Å². The van der Waals surface area contributed by atoms with Crippen molar-refractivity contribution in [1.29, 1.82) is 0 Å². The number of ether oxygens (including phenoxy) is 1. The highest BCUT2D eigenvalue weighted by Crippen LogP contribution is 2.49. The van der Waals surface area contributed by atoms with E-state index < -0.39 is 0 Å². The van der Waals surface area contributed by atoms with Gasteiger partial charge in [-0.3, -0.25) is 4.79 Å². The fourth-order valence-electron chi connectivity index (χ4n) is 6.14. The van der Waals surface area contributed by atoms with Crippen LogP contribution in [0.15, 0.2) is 85.1 Å². The van der Waals surface area contributed by atoms with Crippen LogP contribution in [0.4, 0.5) is 5.69 Å².